The number of nitrogens with one attached hydrogen (secondary N) is 2. The Morgan fingerprint density at radius 3 is 3.00 bits per heavy atom. The van der Waals surface area contributed by atoms with Crippen LogP contribution < -0.4 is 10.2 Å². The van der Waals surface area contributed by atoms with Gasteiger partial charge in [0.1, 0.15) is 0 Å². The average molecular weight is 288 g/mol. The molecule has 108 valence electrons. The predicted molar refractivity (Wildman–Crippen MR) is 70.9 cm³/mol. The number of amides is 2. The summed E-state index contributed by atoms with van der Waals surface area (Å²) in [6.07, 6.45) is 0.631. The number of hydrogen-bond acceptors (Lipinski definition) is 5. The van der Waals surface area contributed by atoms with Crippen molar-refractivity contribution in [3.05, 3.63) is 35.2 Å². The van der Waals surface area contributed by atoms with Gasteiger partial charge >= 0.3 is 12.0 Å². The molecule has 0 radical (unpaired) electrons. The quantitative estimate of drug-likeness (QED) is 0.739. The fourth-order valence-corrected chi connectivity index (χ4v) is 2.25. The highest BCUT2D eigenvalue weighted by molar-refractivity contribution is 5.95. The third-order valence-electron chi connectivity index (χ3n) is 3.25. The fourth-order valence-electron chi connectivity index (χ4n) is 2.25. The smallest absolute Gasteiger partial charge is 0.335 e. The Bertz CT molecular complexity index is 684. The van der Waals surface area contributed by atoms with Crippen LogP contribution in [0.15, 0.2) is 18.2 Å². The molecule has 3 rings (SSSR count). The van der Waals surface area contributed by atoms with Gasteiger partial charge in [0.05, 0.1) is 12.1 Å². The van der Waals surface area contributed by atoms with E-state index in [4.69, 9.17) is 5.11 Å². The van der Waals surface area contributed by atoms with Crippen LogP contribution in [0.3, 0.4) is 0 Å². The molecule has 9 nitrogen and oxygen atoms in total. The molecule has 0 aliphatic carbocycles. The topological polar surface area (TPSA) is 124 Å². The second-order valence-electron chi connectivity index (χ2n) is 4.54. The van der Waals surface area contributed by atoms with Crippen LogP contribution in [-0.2, 0) is 13.0 Å². The fraction of sp³-hybridized carbons (Fsp3) is 0.250. The molecule has 0 spiro atoms. The molecule has 2 heterocycles. The predicted octanol–water partition coefficient (Wildman–Crippen LogP) is 0.170. The number of aromatic nitrogens is 4. The number of H-pyrrole nitrogens is 1. The van der Waals surface area contributed by atoms with Crippen LogP contribution in [0.25, 0.3) is 0 Å². The zero-order valence-electron chi connectivity index (χ0n) is 10.9. The van der Waals surface area contributed by atoms with Gasteiger partial charge in [-0.25, -0.2) is 9.59 Å². The third kappa shape index (κ3) is 2.53. The van der Waals surface area contributed by atoms with Crippen molar-refractivity contribution in [3.8, 4) is 0 Å². The molecule has 9 heteroatoms. The molecule has 0 saturated carbocycles. The van der Waals surface area contributed by atoms with Crippen molar-refractivity contribution in [1.29, 1.82) is 0 Å². The van der Waals surface area contributed by atoms with Crippen LogP contribution in [0, 0.1) is 0 Å². The number of tetrazole rings is 1. The van der Waals surface area contributed by atoms with Crippen molar-refractivity contribution in [2.24, 2.45) is 0 Å². The van der Waals surface area contributed by atoms with E-state index in [1.54, 1.807) is 17.0 Å². The molecular formula is C12H12N6O3. The number of carboxylic acid groups (broad SMARTS) is 1. The highest BCUT2D eigenvalue weighted by Gasteiger charge is 2.25. The van der Waals surface area contributed by atoms with E-state index in [0.717, 1.165) is 11.3 Å². The van der Waals surface area contributed by atoms with Crippen LogP contribution in [0.4, 0.5) is 10.5 Å². The van der Waals surface area contributed by atoms with E-state index in [1.807, 2.05) is 0 Å². The first kappa shape index (κ1) is 13.0. The number of benzene rings is 1. The normalized spacial score (nSPS) is 13.0. The second-order valence-corrected chi connectivity index (χ2v) is 4.54. The lowest BCUT2D eigenvalue weighted by molar-refractivity contribution is 0.0697. The average Bonchev–Trinajstić information content (AvgIpc) is 3.13. The number of hydrogen-bond donors (Lipinski definition) is 3. The van der Waals surface area contributed by atoms with Crippen LogP contribution in [-0.4, -0.2) is 44.3 Å². The standard InChI is InChI=1S/C12H12N6O3/c19-11(20)8-1-2-9-7(5-8)3-4-18(9)12(21)13-6-10-14-16-17-15-10/h1-2,5H,3-4,6H2,(H,13,21)(H,19,20)(H,14,15,16,17). The summed E-state index contributed by atoms with van der Waals surface area (Å²) in [6, 6.07) is 4.47. The van der Waals surface area contributed by atoms with Crippen LogP contribution in [0.1, 0.15) is 21.7 Å². The number of rotatable bonds is 3. The Kier molecular flexibility index (Phi) is 3.22. The van der Waals surface area contributed by atoms with Gasteiger partial charge in [-0.2, -0.15) is 5.21 Å². The van der Waals surface area contributed by atoms with E-state index in [2.05, 4.69) is 25.9 Å². The number of aromatic carboxylic acids is 1. The number of carbonyl (C=O) groups is 2. The molecule has 21 heavy (non-hydrogen) atoms. The molecule has 1 aliphatic heterocycles. The van der Waals surface area contributed by atoms with Gasteiger partial charge in [0.15, 0.2) is 5.82 Å². The Balaban J connectivity index is 1.71. The van der Waals surface area contributed by atoms with Gasteiger partial charge in [-0.3, -0.25) is 4.90 Å². The number of nitrogens with zero attached hydrogens (tertiary/aromatic N) is 4. The lowest BCUT2D eigenvalue weighted by atomic mass is 10.1. The van der Waals surface area contributed by atoms with E-state index < -0.39 is 5.97 Å². The zero-order valence-corrected chi connectivity index (χ0v) is 10.9. The van der Waals surface area contributed by atoms with Crippen LogP contribution in [0.5, 0.6) is 0 Å². The molecule has 1 aliphatic rings. The molecule has 2 amide bonds. The Hall–Kier alpha value is -2.97. The number of urea groups is 1. The largest absolute Gasteiger partial charge is 0.478 e. The molecule has 2 aromatic rings. The number of carbonyl (C=O) groups excluding carboxylic acids is 1. The summed E-state index contributed by atoms with van der Waals surface area (Å²) in [5.41, 5.74) is 1.80. The molecule has 0 saturated heterocycles. The Labute approximate surface area is 119 Å². The van der Waals surface area contributed by atoms with Crippen LogP contribution in [0.2, 0.25) is 0 Å². The van der Waals surface area contributed by atoms with Gasteiger partial charge < -0.3 is 10.4 Å². The van der Waals surface area contributed by atoms with Crippen molar-refractivity contribution in [3.63, 3.8) is 0 Å². The van der Waals surface area contributed by atoms with Gasteiger partial charge in [0.25, 0.3) is 0 Å². The van der Waals surface area contributed by atoms with Gasteiger partial charge in [-0.15, -0.1) is 10.2 Å². The molecule has 0 fully saturated rings. The maximum Gasteiger partial charge on any atom is 0.335 e. The maximum absolute atomic E-state index is 12.1. The first-order chi connectivity index (χ1) is 10.1. The monoisotopic (exact) mass is 288 g/mol. The Morgan fingerprint density at radius 2 is 2.29 bits per heavy atom. The number of aromatic amines is 1. The van der Waals surface area contributed by atoms with Crippen LogP contribution >= 0.6 is 0 Å². The first-order valence-electron chi connectivity index (χ1n) is 6.29. The first-order valence-corrected chi connectivity index (χ1v) is 6.29. The highest BCUT2D eigenvalue weighted by Crippen LogP contribution is 2.28. The summed E-state index contributed by atoms with van der Waals surface area (Å²) in [6.45, 7) is 0.685. The minimum atomic E-state index is -0.974. The zero-order chi connectivity index (χ0) is 14.8. The van der Waals surface area contributed by atoms with Crippen molar-refractivity contribution in [1.82, 2.24) is 25.9 Å². The van der Waals surface area contributed by atoms with Crippen molar-refractivity contribution in [2.75, 3.05) is 11.4 Å². The van der Waals surface area contributed by atoms with Crippen molar-refractivity contribution in [2.45, 2.75) is 13.0 Å². The summed E-state index contributed by atoms with van der Waals surface area (Å²) < 4.78 is 0. The molecule has 0 atom stereocenters. The molecule has 0 unspecified atom stereocenters. The minimum absolute atomic E-state index is 0.175. The van der Waals surface area contributed by atoms with Gasteiger partial charge in [-0.1, -0.05) is 5.21 Å². The molecule has 1 aromatic heterocycles. The maximum atomic E-state index is 12.1. The lowest BCUT2D eigenvalue weighted by Gasteiger charge is -2.17. The molecule has 3 N–H and O–H groups in total. The van der Waals surface area contributed by atoms with Gasteiger partial charge in [-0.05, 0) is 30.2 Å². The van der Waals surface area contributed by atoms with Gasteiger partial charge in [0, 0.05) is 12.2 Å². The summed E-state index contributed by atoms with van der Waals surface area (Å²) >= 11 is 0. The number of fused-ring (bicyclic) bond motifs is 1. The van der Waals surface area contributed by atoms with Gasteiger partial charge in [0.2, 0.25) is 0 Å². The summed E-state index contributed by atoms with van der Waals surface area (Å²) in [4.78, 5) is 24.6. The summed E-state index contributed by atoms with van der Waals surface area (Å²) in [7, 11) is 0. The highest BCUT2D eigenvalue weighted by atomic mass is 16.4. The summed E-state index contributed by atoms with van der Waals surface area (Å²) in [5.74, 6) is -0.582. The van der Waals surface area contributed by atoms with E-state index in [-0.39, 0.29) is 18.1 Å². The SMILES string of the molecule is O=C(O)c1ccc2c(c1)CCN2C(=O)NCc1nn[nH]n1. The summed E-state index contributed by atoms with van der Waals surface area (Å²) in [5, 5.41) is 24.9. The number of anilines is 1. The molecule has 1 aromatic carbocycles. The van der Waals surface area contributed by atoms with E-state index in [0.29, 0.717) is 18.8 Å². The second kappa shape index (κ2) is 5.19. The minimum Gasteiger partial charge on any atom is -0.478 e. The third-order valence-corrected chi connectivity index (χ3v) is 3.25. The van der Waals surface area contributed by atoms with E-state index in [1.165, 1.54) is 6.07 Å². The van der Waals surface area contributed by atoms with E-state index >= 15 is 0 Å². The van der Waals surface area contributed by atoms with Crippen molar-refractivity contribution >= 4 is 17.7 Å². The molecule has 0 bridgehead atoms. The lowest BCUT2D eigenvalue weighted by Crippen LogP contribution is -2.38. The number of carboxylic acids is 1. The van der Waals surface area contributed by atoms with Crippen molar-refractivity contribution < 1.29 is 14.7 Å². The van der Waals surface area contributed by atoms with E-state index in [9.17, 15) is 9.59 Å². The Morgan fingerprint density at radius 1 is 1.43 bits per heavy atom. The molecular weight excluding hydrogens is 276 g/mol.